The van der Waals surface area contributed by atoms with Crippen LogP contribution in [0.3, 0.4) is 0 Å². The Labute approximate surface area is 276 Å². The minimum Gasteiger partial charge on any atom is -0.444 e. The largest absolute Gasteiger partial charge is 0.444 e. The number of benzene rings is 1. The van der Waals surface area contributed by atoms with Gasteiger partial charge in [-0.3, -0.25) is 10.3 Å². The third kappa shape index (κ3) is 6.95. The van der Waals surface area contributed by atoms with Gasteiger partial charge in [-0.2, -0.15) is 5.26 Å². The molecule has 12 heteroatoms. The number of amides is 1. The number of fused-ring (bicyclic) bond motifs is 4. The van der Waals surface area contributed by atoms with Gasteiger partial charge in [0.2, 0.25) is 5.95 Å². The van der Waals surface area contributed by atoms with E-state index in [1.165, 1.54) is 12.8 Å². The molecule has 0 aliphatic carbocycles. The zero-order valence-electron chi connectivity index (χ0n) is 27.6. The Morgan fingerprint density at radius 2 is 2.02 bits per heavy atom. The number of halogens is 1. The Balaban J connectivity index is 0.000000635. The normalized spacial score (nSPS) is 16.0. The molecule has 0 bridgehead atoms. The van der Waals surface area contributed by atoms with Crippen molar-refractivity contribution >= 4 is 63.9 Å². The van der Waals surface area contributed by atoms with Crippen LogP contribution in [0.15, 0.2) is 12.4 Å². The summed E-state index contributed by atoms with van der Waals surface area (Å²) in [6, 6.07) is 2.16. The molecule has 0 saturated carbocycles. The molecule has 6 rings (SSSR count). The smallest absolute Gasteiger partial charge is 0.412 e. The number of anilines is 2. The maximum absolute atomic E-state index is 15.1. The average Bonchev–Trinajstić information content (AvgIpc) is 3.72. The van der Waals surface area contributed by atoms with Crippen molar-refractivity contribution in [2.75, 3.05) is 23.3 Å². The van der Waals surface area contributed by atoms with Crippen LogP contribution in [0.2, 0.25) is 0 Å². The van der Waals surface area contributed by atoms with E-state index in [4.69, 9.17) is 14.5 Å². The van der Waals surface area contributed by atoms with Crippen LogP contribution in [0.25, 0.3) is 32.2 Å². The molecular weight excluding hydrogens is 622 g/mol. The van der Waals surface area contributed by atoms with Crippen LogP contribution in [0, 0.1) is 29.0 Å². The Hall–Kier alpha value is -3.45. The van der Waals surface area contributed by atoms with Gasteiger partial charge in [-0.25, -0.2) is 19.2 Å². The molecule has 9 nitrogen and oxygen atoms in total. The molecule has 2 atom stereocenters. The van der Waals surface area contributed by atoms with Crippen LogP contribution < -0.4 is 15.5 Å². The number of hydrogen-bond donors (Lipinski definition) is 1. The maximum Gasteiger partial charge on any atom is 0.412 e. The number of nitrogens with one attached hydrogen (secondary N) is 1. The lowest BCUT2D eigenvalue weighted by molar-refractivity contribution is 0.0636. The molecule has 5 heterocycles. The fraction of sp³-hybridized carbons (Fsp3) is 0.500. The van der Waals surface area contributed by atoms with Crippen LogP contribution in [-0.4, -0.2) is 39.7 Å². The lowest BCUT2D eigenvalue weighted by Gasteiger charge is -2.19. The van der Waals surface area contributed by atoms with Crippen LogP contribution in [0.4, 0.5) is 20.1 Å². The van der Waals surface area contributed by atoms with Gasteiger partial charge in [0.15, 0.2) is 5.82 Å². The van der Waals surface area contributed by atoms with Crippen molar-refractivity contribution in [2.24, 2.45) is 11.8 Å². The highest BCUT2D eigenvalue weighted by atomic mass is 32.1. The fourth-order valence-corrected chi connectivity index (χ4v) is 7.51. The van der Waals surface area contributed by atoms with Crippen LogP contribution in [0.5, 0.6) is 0 Å². The van der Waals surface area contributed by atoms with Gasteiger partial charge in [0.05, 0.1) is 40.9 Å². The van der Waals surface area contributed by atoms with Gasteiger partial charge in [-0.05, 0) is 50.2 Å². The molecule has 0 radical (unpaired) electrons. The molecule has 2 unspecified atom stereocenters. The number of rotatable bonds is 5. The topological polar surface area (TPSA) is 113 Å². The lowest BCUT2D eigenvalue weighted by Crippen LogP contribution is -2.27. The molecule has 0 spiro atoms. The number of carbonyl (C=O) groups is 1. The molecule has 2 aliphatic heterocycles. The molecule has 2 aliphatic rings. The van der Waals surface area contributed by atoms with Gasteiger partial charge in [-0.1, -0.05) is 40.5 Å². The van der Waals surface area contributed by atoms with Crippen molar-refractivity contribution in [3.05, 3.63) is 34.9 Å². The van der Waals surface area contributed by atoms with Crippen molar-refractivity contribution in [3.63, 3.8) is 0 Å². The Kier molecular flexibility index (Phi) is 10.1. The second kappa shape index (κ2) is 13.7. The van der Waals surface area contributed by atoms with Gasteiger partial charge in [0.25, 0.3) is 0 Å². The lowest BCUT2D eigenvalue weighted by atomic mass is 9.94. The SMILES string of the molecule is CC1CCN(c2ncc3c4c(c(-c5ncc(F)c6sc(NC(=O)OC(C)(C)C)c(C#N)c56)c(P)c3n2)COC4)C1.CCCC(C)C. The van der Waals surface area contributed by atoms with E-state index in [-0.39, 0.29) is 15.3 Å². The zero-order chi connectivity index (χ0) is 33.3. The third-order valence-electron chi connectivity index (χ3n) is 7.99. The van der Waals surface area contributed by atoms with Crippen molar-refractivity contribution in [2.45, 2.75) is 86.5 Å². The van der Waals surface area contributed by atoms with Crippen molar-refractivity contribution in [1.82, 2.24) is 15.0 Å². The molecule has 4 aromatic rings. The predicted octanol–water partition coefficient (Wildman–Crippen LogP) is 8.08. The van der Waals surface area contributed by atoms with E-state index >= 15 is 4.39 Å². The van der Waals surface area contributed by atoms with Crippen molar-refractivity contribution in [3.8, 4) is 17.3 Å². The number of aromatic nitrogens is 3. The molecule has 1 N–H and O–H groups in total. The summed E-state index contributed by atoms with van der Waals surface area (Å²) in [5.74, 6) is 1.56. The van der Waals surface area contributed by atoms with E-state index in [0.717, 1.165) is 75.9 Å². The number of nitriles is 1. The maximum atomic E-state index is 15.1. The summed E-state index contributed by atoms with van der Waals surface area (Å²) in [4.78, 5) is 28.9. The first-order valence-corrected chi connectivity index (χ1v) is 17.2. The number of nitrogens with zero attached hydrogens (tertiary/aromatic N) is 5. The monoisotopic (exact) mass is 664 g/mol. The third-order valence-corrected chi connectivity index (χ3v) is 9.66. The van der Waals surface area contributed by atoms with E-state index in [9.17, 15) is 10.1 Å². The van der Waals surface area contributed by atoms with Crippen LogP contribution >= 0.6 is 20.6 Å². The predicted molar refractivity (Wildman–Crippen MR) is 186 cm³/mol. The van der Waals surface area contributed by atoms with E-state index in [0.29, 0.717) is 36.2 Å². The summed E-state index contributed by atoms with van der Waals surface area (Å²) in [5, 5.41) is 15.0. The fourth-order valence-electron chi connectivity index (χ4n) is 5.94. The van der Waals surface area contributed by atoms with Crippen LogP contribution in [-0.2, 0) is 22.7 Å². The molecule has 1 aromatic carbocycles. The van der Waals surface area contributed by atoms with Gasteiger partial charge in [0, 0.05) is 40.9 Å². The van der Waals surface area contributed by atoms with Gasteiger partial charge < -0.3 is 14.4 Å². The first-order chi connectivity index (χ1) is 21.8. The van der Waals surface area contributed by atoms with E-state index in [2.05, 4.69) is 63.2 Å². The second-order valence-corrected chi connectivity index (χ2v) is 15.0. The summed E-state index contributed by atoms with van der Waals surface area (Å²) in [6.45, 7) is 16.7. The number of pyridine rings is 1. The molecule has 244 valence electrons. The number of ether oxygens (including phenoxy) is 2. The highest BCUT2D eigenvalue weighted by Gasteiger charge is 2.30. The minimum absolute atomic E-state index is 0.124. The van der Waals surface area contributed by atoms with Crippen molar-refractivity contribution < 1.29 is 18.7 Å². The Bertz CT molecular complexity index is 1830. The molecule has 1 fully saturated rings. The van der Waals surface area contributed by atoms with Gasteiger partial charge >= 0.3 is 6.09 Å². The number of hydrogen-bond acceptors (Lipinski definition) is 9. The Morgan fingerprint density at radius 3 is 2.63 bits per heavy atom. The first-order valence-electron chi connectivity index (χ1n) is 15.8. The zero-order valence-corrected chi connectivity index (χ0v) is 29.6. The minimum atomic E-state index is -0.737. The summed E-state index contributed by atoms with van der Waals surface area (Å²) < 4.78 is 26.6. The summed E-state index contributed by atoms with van der Waals surface area (Å²) in [7, 11) is 2.78. The van der Waals surface area contributed by atoms with E-state index < -0.39 is 17.5 Å². The Morgan fingerprint density at radius 1 is 1.28 bits per heavy atom. The highest BCUT2D eigenvalue weighted by molar-refractivity contribution is 7.29. The van der Waals surface area contributed by atoms with Crippen LogP contribution in [0.1, 0.15) is 84.4 Å². The van der Waals surface area contributed by atoms with E-state index in [1.807, 2.05) is 6.20 Å². The average molecular weight is 665 g/mol. The number of carbonyl (C=O) groups excluding carboxylic acids is 1. The van der Waals surface area contributed by atoms with Gasteiger partial charge in [-0.15, -0.1) is 20.6 Å². The summed E-state index contributed by atoms with van der Waals surface area (Å²) in [5.41, 5.74) is 3.16. The summed E-state index contributed by atoms with van der Waals surface area (Å²) >= 11 is 0.981. The standard InChI is InChI=1S/C28H28FN6O3PS.C6H14/c1-13-5-6-35(10-13)26-32-8-15-16-11-37-12-17(16)19(23(39)21(15)33-26)22-20-14(7-30)25(34-27(36)38-28(2,3)4)40-24(20)18(29)9-31-22;1-4-5-6(2)3/h8-9,13H,5-6,10-12,39H2,1-4H3,(H,34,36);6H,4-5H2,1-3H3. The quantitative estimate of drug-likeness (QED) is 0.213. The van der Waals surface area contributed by atoms with Crippen molar-refractivity contribution in [1.29, 1.82) is 5.26 Å². The molecule has 46 heavy (non-hydrogen) atoms. The molecule has 1 saturated heterocycles. The summed E-state index contributed by atoms with van der Waals surface area (Å²) in [6.07, 6.45) is 6.08. The molecule has 3 aromatic heterocycles. The highest BCUT2D eigenvalue weighted by Crippen LogP contribution is 2.44. The van der Waals surface area contributed by atoms with Gasteiger partial charge in [0.1, 0.15) is 16.7 Å². The number of thiophene rings is 1. The first kappa shape index (κ1) is 33.9. The molecule has 1 amide bonds. The second-order valence-electron chi connectivity index (χ2n) is 13.4. The van der Waals surface area contributed by atoms with E-state index in [1.54, 1.807) is 20.8 Å². The molecular formula is C34H42FN6O3PS.